The van der Waals surface area contributed by atoms with Gasteiger partial charge < -0.3 is 10.4 Å². The molecule has 1 amide bonds. The molecule has 0 unspecified atom stereocenters. The van der Waals surface area contributed by atoms with Crippen LogP contribution in [0, 0.1) is 0 Å². The van der Waals surface area contributed by atoms with Crippen molar-refractivity contribution in [2.24, 2.45) is 0 Å². The number of carbonyl (C=O) groups excluding carboxylic acids is 1. The minimum absolute atomic E-state index is 0.141. The Morgan fingerprint density at radius 1 is 0.929 bits per heavy atom. The van der Waals surface area contributed by atoms with Crippen LogP contribution in [0.15, 0.2) is 41.3 Å². The molecular formula is C22H29NO4S. The number of phenolic OH excluding ortho intramolecular Hbond substituents is 1. The summed E-state index contributed by atoms with van der Waals surface area (Å²) in [7, 11) is -3.37. The van der Waals surface area contributed by atoms with Crippen LogP contribution in [0.4, 0.5) is 5.69 Å². The van der Waals surface area contributed by atoms with Gasteiger partial charge in [-0.3, -0.25) is 4.79 Å². The Kier molecular flexibility index (Phi) is 5.68. The molecule has 0 saturated carbocycles. The van der Waals surface area contributed by atoms with E-state index in [1.54, 1.807) is 24.3 Å². The number of phenols is 1. The first kappa shape index (κ1) is 22.0. The van der Waals surface area contributed by atoms with Gasteiger partial charge in [-0.2, -0.15) is 0 Å². The minimum Gasteiger partial charge on any atom is -0.507 e. The van der Waals surface area contributed by atoms with Crippen molar-refractivity contribution in [3.63, 3.8) is 0 Å². The number of hydrogen-bond acceptors (Lipinski definition) is 4. The molecule has 0 spiro atoms. The Bertz CT molecular complexity index is 975. The first-order valence-electron chi connectivity index (χ1n) is 9.10. The standard InChI is InChI=1S/C22H29NO4S/c1-21(2,3)17-11-14(12-18(19(17)24)22(4,5)6)20(25)23-15-9-8-10-16(13-15)28(7,26)27/h8-13,24H,1-7H3,(H,23,25). The van der Waals surface area contributed by atoms with Gasteiger partial charge in [0.25, 0.3) is 5.91 Å². The van der Waals surface area contributed by atoms with Gasteiger partial charge in [0.2, 0.25) is 0 Å². The molecule has 0 aliphatic carbocycles. The Morgan fingerprint density at radius 3 is 1.86 bits per heavy atom. The molecule has 5 nitrogen and oxygen atoms in total. The summed E-state index contributed by atoms with van der Waals surface area (Å²) in [6.07, 6.45) is 1.12. The molecule has 2 aromatic rings. The topological polar surface area (TPSA) is 83.5 Å². The van der Waals surface area contributed by atoms with Crippen molar-refractivity contribution in [2.75, 3.05) is 11.6 Å². The highest BCUT2D eigenvalue weighted by Crippen LogP contribution is 2.39. The number of anilines is 1. The largest absolute Gasteiger partial charge is 0.507 e. The predicted octanol–water partition coefficient (Wildman–Crippen LogP) is 4.64. The van der Waals surface area contributed by atoms with E-state index < -0.39 is 9.84 Å². The van der Waals surface area contributed by atoms with Crippen molar-refractivity contribution in [3.05, 3.63) is 53.1 Å². The van der Waals surface area contributed by atoms with Crippen LogP contribution >= 0.6 is 0 Å². The molecule has 0 aromatic heterocycles. The molecule has 0 saturated heterocycles. The zero-order valence-corrected chi connectivity index (χ0v) is 18.4. The minimum atomic E-state index is -3.37. The highest BCUT2D eigenvalue weighted by Gasteiger charge is 2.27. The van der Waals surface area contributed by atoms with Crippen molar-refractivity contribution in [3.8, 4) is 5.75 Å². The summed E-state index contributed by atoms with van der Waals surface area (Å²) in [6.45, 7) is 11.9. The van der Waals surface area contributed by atoms with Crippen LogP contribution in [-0.2, 0) is 20.7 Å². The van der Waals surface area contributed by atoms with Crippen LogP contribution in [0.3, 0.4) is 0 Å². The average molecular weight is 404 g/mol. The van der Waals surface area contributed by atoms with Crippen molar-refractivity contribution >= 4 is 21.4 Å². The molecule has 0 aliphatic rings. The summed E-state index contributed by atoms with van der Waals surface area (Å²) < 4.78 is 23.5. The van der Waals surface area contributed by atoms with Crippen LogP contribution < -0.4 is 5.32 Å². The summed E-state index contributed by atoms with van der Waals surface area (Å²) in [4.78, 5) is 13.0. The van der Waals surface area contributed by atoms with Crippen molar-refractivity contribution < 1.29 is 18.3 Å². The van der Waals surface area contributed by atoms with Crippen molar-refractivity contribution in [1.82, 2.24) is 0 Å². The van der Waals surface area contributed by atoms with E-state index in [0.29, 0.717) is 22.4 Å². The van der Waals surface area contributed by atoms with Gasteiger partial charge in [-0.15, -0.1) is 0 Å². The van der Waals surface area contributed by atoms with Gasteiger partial charge in [0.15, 0.2) is 9.84 Å². The monoisotopic (exact) mass is 403 g/mol. The molecule has 152 valence electrons. The zero-order valence-electron chi connectivity index (χ0n) is 17.5. The maximum absolute atomic E-state index is 12.9. The number of nitrogens with one attached hydrogen (secondary N) is 1. The third kappa shape index (κ3) is 4.93. The van der Waals surface area contributed by atoms with E-state index in [1.165, 1.54) is 12.1 Å². The first-order valence-corrected chi connectivity index (χ1v) is 11.0. The second-order valence-electron chi connectivity index (χ2n) is 9.17. The third-order valence-electron chi connectivity index (χ3n) is 4.51. The molecule has 0 heterocycles. The quantitative estimate of drug-likeness (QED) is 0.782. The van der Waals surface area contributed by atoms with E-state index in [-0.39, 0.29) is 27.4 Å². The maximum atomic E-state index is 12.9. The summed E-state index contributed by atoms with van der Waals surface area (Å²) in [5.74, 6) is -0.155. The van der Waals surface area contributed by atoms with E-state index in [2.05, 4.69) is 5.32 Å². The van der Waals surface area contributed by atoms with Crippen LogP contribution in [0.5, 0.6) is 5.75 Å². The summed E-state index contributed by atoms with van der Waals surface area (Å²) >= 11 is 0. The van der Waals surface area contributed by atoms with Gasteiger partial charge in [0.05, 0.1) is 4.90 Å². The number of amides is 1. The first-order chi connectivity index (χ1) is 12.6. The van der Waals surface area contributed by atoms with E-state index in [1.807, 2.05) is 41.5 Å². The number of rotatable bonds is 3. The van der Waals surface area contributed by atoms with E-state index >= 15 is 0 Å². The molecule has 0 radical (unpaired) electrons. The molecule has 0 fully saturated rings. The molecule has 0 bridgehead atoms. The van der Waals surface area contributed by atoms with Gasteiger partial charge in [0.1, 0.15) is 5.75 Å². The Balaban J connectivity index is 2.52. The Labute approximate surface area is 167 Å². The van der Waals surface area contributed by atoms with E-state index in [9.17, 15) is 18.3 Å². The third-order valence-corrected chi connectivity index (χ3v) is 5.62. The van der Waals surface area contributed by atoms with Gasteiger partial charge in [0, 0.05) is 28.6 Å². The molecule has 0 aliphatic heterocycles. The summed E-state index contributed by atoms with van der Waals surface area (Å²) in [5.41, 5.74) is 1.49. The number of hydrogen-bond donors (Lipinski definition) is 2. The lowest BCUT2D eigenvalue weighted by molar-refractivity contribution is 0.102. The SMILES string of the molecule is CC(C)(C)c1cc(C(=O)Nc2cccc(S(C)(=O)=O)c2)cc(C(C)(C)C)c1O. The molecule has 2 N–H and O–H groups in total. The van der Waals surface area contributed by atoms with Gasteiger partial charge in [-0.25, -0.2) is 8.42 Å². The van der Waals surface area contributed by atoms with E-state index in [0.717, 1.165) is 6.26 Å². The zero-order chi connectivity index (χ0) is 21.5. The molecular weight excluding hydrogens is 374 g/mol. The average Bonchev–Trinajstić information content (AvgIpc) is 2.52. The highest BCUT2D eigenvalue weighted by atomic mass is 32.2. The second-order valence-corrected chi connectivity index (χ2v) is 11.2. The maximum Gasteiger partial charge on any atom is 0.255 e. The lowest BCUT2D eigenvalue weighted by Gasteiger charge is -2.28. The Hall–Kier alpha value is -2.34. The van der Waals surface area contributed by atoms with Gasteiger partial charge in [-0.1, -0.05) is 47.6 Å². The molecule has 6 heteroatoms. The van der Waals surface area contributed by atoms with Crippen LogP contribution in [0.2, 0.25) is 0 Å². The highest BCUT2D eigenvalue weighted by molar-refractivity contribution is 7.90. The number of carbonyl (C=O) groups is 1. The molecule has 2 aromatic carbocycles. The molecule has 28 heavy (non-hydrogen) atoms. The number of aromatic hydroxyl groups is 1. The second kappa shape index (κ2) is 7.24. The van der Waals surface area contributed by atoms with Crippen LogP contribution in [-0.4, -0.2) is 25.7 Å². The van der Waals surface area contributed by atoms with E-state index in [4.69, 9.17) is 0 Å². The van der Waals surface area contributed by atoms with Crippen LogP contribution in [0.25, 0.3) is 0 Å². The predicted molar refractivity (Wildman–Crippen MR) is 113 cm³/mol. The normalized spacial score (nSPS) is 12.7. The van der Waals surface area contributed by atoms with Gasteiger partial charge in [-0.05, 0) is 41.2 Å². The fraction of sp³-hybridized carbons (Fsp3) is 0.409. The van der Waals surface area contributed by atoms with Crippen LogP contribution in [0.1, 0.15) is 63.0 Å². The smallest absolute Gasteiger partial charge is 0.255 e. The lowest BCUT2D eigenvalue weighted by atomic mass is 9.78. The fourth-order valence-corrected chi connectivity index (χ4v) is 3.58. The summed E-state index contributed by atoms with van der Waals surface area (Å²) in [5, 5.41) is 13.5. The van der Waals surface area contributed by atoms with Crippen molar-refractivity contribution in [1.29, 1.82) is 0 Å². The summed E-state index contributed by atoms with van der Waals surface area (Å²) in [6, 6.07) is 9.54. The Morgan fingerprint density at radius 2 is 1.43 bits per heavy atom. The van der Waals surface area contributed by atoms with Gasteiger partial charge >= 0.3 is 0 Å². The number of sulfone groups is 1. The molecule has 2 rings (SSSR count). The fourth-order valence-electron chi connectivity index (χ4n) is 2.92. The number of benzene rings is 2. The molecule has 0 atom stereocenters. The lowest BCUT2D eigenvalue weighted by Crippen LogP contribution is -2.20. The van der Waals surface area contributed by atoms with Crippen molar-refractivity contribution in [2.45, 2.75) is 57.3 Å².